The molecule has 6 aromatic rings. The van der Waals surface area contributed by atoms with Gasteiger partial charge in [0.2, 0.25) is 5.82 Å². The Hall–Kier alpha value is -5.20. The molecule has 0 radical (unpaired) electrons. The van der Waals surface area contributed by atoms with Gasteiger partial charge < -0.3 is 9.47 Å². The first kappa shape index (κ1) is 25.7. The van der Waals surface area contributed by atoms with Gasteiger partial charge in [-0.1, -0.05) is 54.6 Å². The van der Waals surface area contributed by atoms with E-state index in [4.69, 9.17) is 15.2 Å². The fourth-order valence-corrected chi connectivity index (χ4v) is 5.64. The molecule has 0 amide bonds. The van der Waals surface area contributed by atoms with Crippen molar-refractivity contribution in [3.8, 4) is 28.6 Å². The molecule has 0 N–H and O–H groups in total. The molecule has 7 rings (SSSR count). The highest BCUT2D eigenvalue weighted by atomic mass is 15.2. The number of aryl methyl sites for hydroxylation is 1. The van der Waals surface area contributed by atoms with Crippen LogP contribution in [-0.2, 0) is 13.6 Å². The summed E-state index contributed by atoms with van der Waals surface area (Å²) in [5.74, 6) is 1.03. The van der Waals surface area contributed by atoms with E-state index >= 15 is 0 Å². The molecule has 0 spiro atoms. The van der Waals surface area contributed by atoms with Crippen LogP contribution in [0.25, 0.3) is 44.6 Å². The molecule has 0 bridgehead atoms. The number of fused-ring (bicyclic) bond motifs is 2. The van der Waals surface area contributed by atoms with Gasteiger partial charge in [0, 0.05) is 57.1 Å². The summed E-state index contributed by atoms with van der Waals surface area (Å²) in [6, 6.07) is 27.0. The number of rotatable bonds is 5. The minimum atomic E-state index is 0.213. The van der Waals surface area contributed by atoms with Crippen molar-refractivity contribution < 1.29 is 0 Å². The standard InChI is InChI=1S/C33H29N9/c1-40-22-36-28-18-26-27(19-29(28)40)38-32(24-6-3-2-4-7-24)33(37-26)25-10-8-23(9-11-25)21-41-14-5-15-42(17-16-41)31-12-13-35-30(20-34)39-31/h2-4,6-13,18-19,22H,5,14-17,21H2,1H3. The molecule has 0 aliphatic carbocycles. The van der Waals surface area contributed by atoms with E-state index in [2.05, 4.69) is 67.2 Å². The van der Waals surface area contributed by atoms with Gasteiger partial charge in [-0.25, -0.2) is 24.9 Å². The van der Waals surface area contributed by atoms with Gasteiger partial charge in [-0.3, -0.25) is 4.90 Å². The zero-order valence-electron chi connectivity index (χ0n) is 23.4. The number of anilines is 1. The molecule has 1 aliphatic rings. The highest BCUT2D eigenvalue weighted by molar-refractivity contribution is 5.94. The Morgan fingerprint density at radius 1 is 0.762 bits per heavy atom. The van der Waals surface area contributed by atoms with Crippen molar-refractivity contribution in [2.75, 3.05) is 31.1 Å². The maximum Gasteiger partial charge on any atom is 0.234 e. The van der Waals surface area contributed by atoms with Crippen LogP contribution in [0.2, 0.25) is 0 Å². The quantitative estimate of drug-likeness (QED) is 0.287. The van der Waals surface area contributed by atoms with Crippen molar-refractivity contribution >= 4 is 27.9 Å². The number of aromatic nitrogens is 6. The van der Waals surface area contributed by atoms with Crippen LogP contribution in [-0.4, -0.2) is 60.6 Å². The third-order valence-electron chi connectivity index (χ3n) is 7.84. The first-order valence-electron chi connectivity index (χ1n) is 14.1. The molecule has 1 saturated heterocycles. The van der Waals surface area contributed by atoms with Gasteiger partial charge in [0.1, 0.15) is 11.9 Å². The summed E-state index contributed by atoms with van der Waals surface area (Å²) in [5, 5.41) is 9.16. The minimum absolute atomic E-state index is 0.213. The Morgan fingerprint density at radius 2 is 1.52 bits per heavy atom. The molecular formula is C33H29N9. The smallest absolute Gasteiger partial charge is 0.234 e. The summed E-state index contributed by atoms with van der Waals surface area (Å²) in [6.45, 7) is 4.56. The van der Waals surface area contributed by atoms with Gasteiger partial charge >= 0.3 is 0 Å². The first-order chi connectivity index (χ1) is 20.6. The van der Waals surface area contributed by atoms with Crippen LogP contribution in [0.15, 0.2) is 85.3 Å². The lowest BCUT2D eigenvalue weighted by Gasteiger charge is -2.22. The second kappa shape index (κ2) is 11.0. The maximum absolute atomic E-state index is 9.16. The van der Waals surface area contributed by atoms with E-state index in [9.17, 15) is 0 Å². The van der Waals surface area contributed by atoms with Crippen LogP contribution in [0.3, 0.4) is 0 Å². The average molecular weight is 552 g/mol. The topological polar surface area (TPSA) is 99.7 Å². The van der Waals surface area contributed by atoms with Crippen molar-refractivity contribution in [3.05, 3.63) is 96.7 Å². The second-order valence-corrected chi connectivity index (χ2v) is 10.6. The van der Waals surface area contributed by atoms with Gasteiger partial charge in [-0.15, -0.1) is 0 Å². The van der Waals surface area contributed by atoms with Gasteiger partial charge in [0.15, 0.2) is 0 Å². The van der Waals surface area contributed by atoms with Crippen molar-refractivity contribution in [2.45, 2.75) is 13.0 Å². The predicted octanol–water partition coefficient (Wildman–Crippen LogP) is 5.22. The molecule has 9 nitrogen and oxygen atoms in total. The molecular weight excluding hydrogens is 522 g/mol. The molecule has 4 heterocycles. The first-order valence-corrected chi connectivity index (χ1v) is 14.1. The number of imidazole rings is 1. The van der Waals surface area contributed by atoms with Crippen LogP contribution in [0.5, 0.6) is 0 Å². The van der Waals surface area contributed by atoms with E-state index in [0.29, 0.717) is 0 Å². The van der Waals surface area contributed by atoms with Crippen molar-refractivity contribution in [2.24, 2.45) is 7.05 Å². The van der Waals surface area contributed by atoms with E-state index in [1.807, 2.05) is 54.3 Å². The van der Waals surface area contributed by atoms with Crippen molar-refractivity contribution in [1.82, 2.24) is 34.4 Å². The summed E-state index contributed by atoms with van der Waals surface area (Å²) in [4.78, 5) is 27.9. The van der Waals surface area contributed by atoms with Gasteiger partial charge in [0.25, 0.3) is 0 Å². The number of hydrogen-bond acceptors (Lipinski definition) is 8. The molecule has 0 unspecified atom stereocenters. The van der Waals surface area contributed by atoms with Gasteiger partial charge in [0.05, 0.1) is 39.8 Å². The number of nitriles is 1. The monoisotopic (exact) mass is 551 g/mol. The lowest BCUT2D eigenvalue weighted by atomic mass is 10.0. The zero-order chi connectivity index (χ0) is 28.5. The van der Waals surface area contributed by atoms with Crippen LogP contribution in [0.4, 0.5) is 5.82 Å². The molecule has 0 atom stereocenters. The normalized spacial score (nSPS) is 14.2. The highest BCUT2D eigenvalue weighted by Crippen LogP contribution is 2.32. The zero-order valence-corrected chi connectivity index (χ0v) is 23.4. The van der Waals surface area contributed by atoms with E-state index in [0.717, 1.165) is 89.5 Å². The Labute approximate surface area is 243 Å². The maximum atomic E-state index is 9.16. The largest absolute Gasteiger partial charge is 0.355 e. The van der Waals surface area contributed by atoms with Crippen LogP contribution in [0.1, 0.15) is 17.8 Å². The van der Waals surface area contributed by atoms with Crippen molar-refractivity contribution in [1.29, 1.82) is 5.26 Å². The molecule has 0 saturated carbocycles. The SMILES string of the molecule is Cn1cnc2cc3nc(-c4ccc(CN5CCCN(c6ccnc(C#N)n6)CC5)cc4)c(-c4ccccc4)nc3cc21. The number of hydrogen-bond donors (Lipinski definition) is 0. The van der Waals surface area contributed by atoms with E-state index < -0.39 is 0 Å². The third kappa shape index (κ3) is 5.04. The van der Waals surface area contributed by atoms with Gasteiger partial charge in [-0.2, -0.15) is 5.26 Å². The Morgan fingerprint density at radius 3 is 2.31 bits per heavy atom. The summed E-state index contributed by atoms with van der Waals surface area (Å²) < 4.78 is 2.01. The Bertz CT molecular complexity index is 1920. The van der Waals surface area contributed by atoms with E-state index in [-0.39, 0.29) is 5.82 Å². The fourth-order valence-electron chi connectivity index (χ4n) is 5.64. The highest BCUT2D eigenvalue weighted by Gasteiger charge is 2.18. The summed E-state index contributed by atoms with van der Waals surface area (Å²) in [6.07, 6.45) is 4.51. The number of nitrogens with zero attached hydrogens (tertiary/aromatic N) is 9. The molecule has 206 valence electrons. The van der Waals surface area contributed by atoms with E-state index in [1.54, 1.807) is 6.20 Å². The summed E-state index contributed by atoms with van der Waals surface area (Å²) in [7, 11) is 1.99. The van der Waals surface area contributed by atoms with Crippen LogP contribution in [0, 0.1) is 11.3 Å². The van der Waals surface area contributed by atoms with Crippen LogP contribution < -0.4 is 4.90 Å². The third-order valence-corrected chi connectivity index (χ3v) is 7.84. The molecule has 9 heteroatoms. The Kier molecular flexibility index (Phi) is 6.74. The molecule has 3 aromatic carbocycles. The lowest BCUT2D eigenvalue weighted by molar-refractivity contribution is 0.285. The molecule has 42 heavy (non-hydrogen) atoms. The Balaban J connectivity index is 1.15. The number of benzene rings is 3. The minimum Gasteiger partial charge on any atom is -0.355 e. The summed E-state index contributed by atoms with van der Waals surface area (Å²) in [5.41, 5.74) is 8.69. The predicted molar refractivity (Wildman–Crippen MR) is 164 cm³/mol. The summed E-state index contributed by atoms with van der Waals surface area (Å²) >= 11 is 0. The second-order valence-electron chi connectivity index (χ2n) is 10.6. The van der Waals surface area contributed by atoms with Crippen LogP contribution >= 0.6 is 0 Å². The molecule has 3 aromatic heterocycles. The average Bonchev–Trinajstić information content (AvgIpc) is 3.23. The molecule has 1 aliphatic heterocycles. The molecule has 1 fully saturated rings. The van der Waals surface area contributed by atoms with Gasteiger partial charge in [-0.05, 0) is 30.2 Å². The van der Waals surface area contributed by atoms with E-state index in [1.165, 1.54) is 5.56 Å². The fraction of sp³-hybridized carbons (Fsp3) is 0.212. The lowest BCUT2D eigenvalue weighted by Crippen LogP contribution is -2.31. The van der Waals surface area contributed by atoms with Crippen molar-refractivity contribution in [3.63, 3.8) is 0 Å².